The molecule has 1 aliphatic rings. The van der Waals surface area contributed by atoms with E-state index < -0.39 is 11.6 Å². The highest BCUT2D eigenvalue weighted by Gasteiger charge is 2.35. The molecule has 1 fully saturated rings. The Kier molecular flexibility index (Phi) is 5.84. The van der Waals surface area contributed by atoms with Crippen LogP contribution in [0.4, 0.5) is 5.69 Å². The van der Waals surface area contributed by atoms with Crippen LogP contribution in [-0.2, 0) is 11.2 Å². The number of anilines is 1. The summed E-state index contributed by atoms with van der Waals surface area (Å²) < 4.78 is 0. The molecule has 3 rings (SSSR count). The van der Waals surface area contributed by atoms with Crippen LogP contribution in [0.15, 0.2) is 54.6 Å². The fourth-order valence-corrected chi connectivity index (χ4v) is 3.49. The topological polar surface area (TPSA) is 60.9 Å². The van der Waals surface area contributed by atoms with Crippen LogP contribution in [0.2, 0.25) is 0 Å². The summed E-state index contributed by atoms with van der Waals surface area (Å²) in [7, 11) is 0. The number of benzene rings is 2. The number of nitrogens with zero attached hydrogens (tertiary/aromatic N) is 2. The lowest BCUT2D eigenvalue weighted by Gasteiger charge is -2.39. The third-order valence-corrected chi connectivity index (χ3v) is 5.18. The fraction of sp³-hybridized carbons (Fsp3) is 0.391. The van der Waals surface area contributed by atoms with Crippen LogP contribution in [0, 0.1) is 0 Å². The molecule has 1 unspecified atom stereocenters. The van der Waals surface area contributed by atoms with Crippen molar-refractivity contribution in [3.63, 3.8) is 0 Å². The van der Waals surface area contributed by atoms with Gasteiger partial charge >= 0.3 is 0 Å². The van der Waals surface area contributed by atoms with Crippen molar-refractivity contribution in [3.05, 3.63) is 65.7 Å². The monoisotopic (exact) mass is 380 g/mol. The van der Waals surface area contributed by atoms with E-state index in [0.29, 0.717) is 31.5 Å². The molecular formula is C23H28N2O3. The molecule has 1 saturated heterocycles. The Morgan fingerprint density at radius 3 is 2.50 bits per heavy atom. The van der Waals surface area contributed by atoms with Crippen molar-refractivity contribution in [2.45, 2.75) is 45.3 Å². The number of hydrogen-bond acceptors (Lipinski definition) is 3. The van der Waals surface area contributed by atoms with Gasteiger partial charge in [0.2, 0.25) is 5.91 Å². The first kappa shape index (κ1) is 20.1. The number of carbonyl (C=O) groups excluding carboxylic acids is 2. The number of hydrogen-bond donors (Lipinski definition) is 1. The van der Waals surface area contributed by atoms with Crippen molar-refractivity contribution < 1.29 is 14.7 Å². The van der Waals surface area contributed by atoms with Crippen LogP contribution >= 0.6 is 0 Å². The molecule has 148 valence electrons. The molecule has 2 aromatic rings. The van der Waals surface area contributed by atoms with Crippen molar-refractivity contribution in [3.8, 4) is 0 Å². The Labute approximate surface area is 166 Å². The molecule has 1 N–H and O–H groups in total. The second-order valence-corrected chi connectivity index (χ2v) is 8.01. The Balaban J connectivity index is 1.72. The zero-order valence-electron chi connectivity index (χ0n) is 16.8. The van der Waals surface area contributed by atoms with Crippen molar-refractivity contribution in [1.82, 2.24) is 4.90 Å². The lowest BCUT2D eigenvalue weighted by molar-refractivity contribution is -0.124. The maximum Gasteiger partial charge on any atom is 0.254 e. The third-order valence-electron chi connectivity index (χ3n) is 5.18. The second kappa shape index (κ2) is 8.15. The summed E-state index contributed by atoms with van der Waals surface area (Å²) in [5, 5.41) is 9.93. The van der Waals surface area contributed by atoms with Gasteiger partial charge in [-0.1, -0.05) is 30.3 Å². The Morgan fingerprint density at radius 2 is 1.82 bits per heavy atom. The minimum atomic E-state index is -0.741. The number of para-hydroxylation sites is 1. The molecule has 0 bridgehead atoms. The molecule has 1 heterocycles. The highest BCUT2D eigenvalue weighted by Crippen LogP contribution is 2.22. The predicted molar refractivity (Wildman–Crippen MR) is 110 cm³/mol. The number of carbonyl (C=O) groups is 2. The fourth-order valence-electron chi connectivity index (χ4n) is 3.49. The maximum absolute atomic E-state index is 13.1. The van der Waals surface area contributed by atoms with Gasteiger partial charge in [0.1, 0.15) is 6.04 Å². The van der Waals surface area contributed by atoms with Gasteiger partial charge in [0.05, 0.1) is 5.60 Å². The van der Waals surface area contributed by atoms with E-state index in [1.165, 1.54) is 0 Å². The highest BCUT2D eigenvalue weighted by molar-refractivity contribution is 6.03. The van der Waals surface area contributed by atoms with Gasteiger partial charge in [0.25, 0.3) is 5.91 Å². The van der Waals surface area contributed by atoms with Gasteiger partial charge in [0.15, 0.2) is 0 Å². The average molecular weight is 380 g/mol. The number of piperazine rings is 1. The normalized spacial score (nSPS) is 17.7. The van der Waals surface area contributed by atoms with Crippen LogP contribution in [0.25, 0.3) is 0 Å². The van der Waals surface area contributed by atoms with Crippen LogP contribution in [0.1, 0.15) is 43.1 Å². The number of amides is 2. The van der Waals surface area contributed by atoms with E-state index in [-0.39, 0.29) is 11.8 Å². The molecule has 28 heavy (non-hydrogen) atoms. The van der Waals surface area contributed by atoms with Gasteiger partial charge in [0, 0.05) is 24.3 Å². The van der Waals surface area contributed by atoms with Gasteiger partial charge in [-0.25, -0.2) is 0 Å². The van der Waals surface area contributed by atoms with E-state index in [0.717, 1.165) is 11.3 Å². The van der Waals surface area contributed by atoms with Gasteiger partial charge in [-0.2, -0.15) is 0 Å². The molecule has 0 aromatic heterocycles. The molecule has 5 nitrogen and oxygen atoms in total. The second-order valence-electron chi connectivity index (χ2n) is 8.01. The van der Waals surface area contributed by atoms with E-state index in [9.17, 15) is 14.7 Å². The summed E-state index contributed by atoms with van der Waals surface area (Å²) in [5.74, 6) is -0.192. The molecule has 0 saturated carbocycles. The van der Waals surface area contributed by atoms with Crippen molar-refractivity contribution in [2.75, 3.05) is 18.0 Å². The zero-order valence-corrected chi connectivity index (χ0v) is 16.8. The van der Waals surface area contributed by atoms with E-state index in [4.69, 9.17) is 0 Å². The molecule has 0 aliphatic carbocycles. The molecule has 0 spiro atoms. The van der Waals surface area contributed by atoms with Gasteiger partial charge in [-0.3, -0.25) is 9.59 Å². The van der Waals surface area contributed by atoms with Gasteiger partial charge in [-0.05, 0) is 63.4 Å². The molecular weight excluding hydrogens is 352 g/mol. The number of rotatable bonds is 5. The zero-order chi connectivity index (χ0) is 20.3. The summed E-state index contributed by atoms with van der Waals surface area (Å²) in [6, 6.07) is 16.5. The first-order chi connectivity index (χ1) is 13.3. The smallest absolute Gasteiger partial charge is 0.254 e. The minimum absolute atomic E-state index is 0.0658. The summed E-state index contributed by atoms with van der Waals surface area (Å²) >= 11 is 0. The van der Waals surface area contributed by atoms with E-state index in [1.54, 1.807) is 36.6 Å². The third kappa shape index (κ3) is 4.60. The van der Waals surface area contributed by atoms with Crippen LogP contribution in [0.3, 0.4) is 0 Å². The summed E-state index contributed by atoms with van der Waals surface area (Å²) in [6.45, 7) is 6.32. The summed E-state index contributed by atoms with van der Waals surface area (Å²) in [6.07, 6.45) is 1.32. The first-order valence-corrected chi connectivity index (χ1v) is 9.75. The van der Waals surface area contributed by atoms with Gasteiger partial charge < -0.3 is 14.9 Å². The largest absolute Gasteiger partial charge is 0.390 e. The van der Waals surface area contributed by atoms with Crippen LogP contribution in [-0.4, -0.2) is 46.6 Å². The van der Waals surface area contributed by atoms with E-state index in [1.807, 2.05) is 48.5 Å². The van der Waals surface area contributed by atoms with Crippen LogP contribution in [0.5, 0.6) is 0 Å². The lowest BCUT2D eigenvalue weighted by Crippen LogP contribution is -2.57. The van der Waals surface area contributed by atoms with Gasteiger partial charge in [-0.15, -0.1) is 0 Å². The molecule has 2 aromatic carbocycles. The van der Waals surface area contributed by atoms with E-state index >= 15 is 0 Å². The first-order valence-electron chi connectivity index (χ1n) is 9.75. The van der Waals surface area contributed by atoms with Crippen LogP contribution < -0.4 is 4.90 Å². The minimum Gasteiger partial charge on any atom is -0.390 e. The highest BCUT2D eigenvalue weighted by atomic mass is 16.3. The Morgan fingerprint density at radius 1 is 1.11 bits per heavy atom. The number of aliphatic hydroxyl groups is 1. The predicted octanol–water partition coefficient (Wildman–Crippen LogP) is 3.27. The van der Waals surface area contributed by atoms with E-state index in [2.05, 4.69) is 0 Å². The molecule has 1 atom stereocenters. The molecule has 2 amide bonds. The molecule has 5 heteroatoms. The Bertz CT molecular complexity index is 842. The maximum atomic E-state index is 13.1. The summed E-state index contributed by atoms with van der Waals surface area (Å²) in [4.78, 5) is 29.3. The Hall–Kier alpha value is -2.66. The van der Waals surface area contributed by atoms with Crippen molar-refractivity contribution >= 4 is 17.5 Å². The number of aryl methyl sites for hydroxylation is 1. The summed E-state index contributed by atoms with van der Waals surface area (Å²) in [5.41, 5.74) is 1.71. The molecule has 0 radical (unpaired) electrons. The average Bonchev–Trinajstić information content (AvgIpc) is 2.68. The quantitative estimate of drug-likeness (QED) is 0.866. The van der Waals surface area contributed by atoms with Crippen molar-refractivity contribution in [2.24, 2.45) is 0 Å². The standard InChI is InChI=1S/C23H28N2O3/c1-17-21(26)25(20-10-5-4-6-11-20)15-14-24(17)22(27)19-9-7-8-18(16-19)12-13-23(2,3)28/h4-11,16-17,28H,12-15H2,1-3H3. The van der Waals surface area contributed by atoms with Crippen molar-refractivity contribution in [1.29, 1.82) is 0 Å². The molecule has 1 aliphatic heterocycles. The SMILES string of the molecule is CC1C(=O)N(c2ccccc2)CCN1C(=O)c1cccc(CCC(C)(C)O)c1. The lowest BCUT2D eigenvalue weighted by atomic mass is 9.97.